The predicted octanol–water partition coefficient (Wildman–Crippen LogP) is 2.63. The summed E-state index contributed by atoms with van der Waals surface area (Å²) in [5.74, 6) is 0.398. The molecule has 0 radical (unpaired) electrons. The van der Waals surface area contributed by atoms with Crippen molar-refractivity contribution in [3.8, 4) is 0 Å². The van der Waals surface area contributed by atoms with E-state index in [0.29, 0.717) is 5.92 Å². The zero-order chi connectivity index (χ0) is 14.3. The maximum Gasteiger partial charge on any atom is 0.0692 e. The van der Waals surface area contributed by atoms with Crippen molar-refractivity contribution in [2.75, 3.05) is 18.0 Å². The molecule has 0 bridgehead atoms. The Labute approximate surface area is 120 Å². The van der Waals surface area contributed by atoms with Gasteiger partial charge >= 0.3 is 0 Å². The summed E-state index contributed by atoms with van der Waals surface area (Å²) >= 11 is 0. The Balaban J connectivity index is 1.76. The molecule has 0 amide bonds. The molecule has 3 rings (SSSR count). The highest BCUT2D eigenvalue weighted by atomic mass is 16.3. The van der Waals surface area contributed by atoms with Crippen LogP contribution in [0, 0.1) is 12.8 Å². The van der Waals surface area contributed by atoms with Crippen LogP contribution in [0.5, 0.6) is 0 Å². The minimum atomic E-state index is -0.560. The molecule has 1 N–H and O–H groups in total. The maximum absolute atomic E-state index is 10.1. The molecule has 20 heavy (non-hydrogen) atoms. The SMILES string of the molecule is Cc1cnn2cc(N3CCC(C(C)(C)O)CC3)ccc12. The molecule has 1 aliphatic rings. The monoisotopic (exact) mass is 273 g/mol. The van der Waals surface area contributed by atoms with Gasteiger partial charge in [-0.15, -0.1) is 0 Å². The molecule has 0 unspecified atom stereocenters. The van der Waals surface area contributed by atoms with Gasteiger partial charge in [0, 0.05) is 13.1 Å². The first-order chi connectivity index (χ1) is 9.45. The fraction of sp³-hybridized carbons (Fsp3) is 0.562. The minimum absolute atomic E-state index is 0.398. The Morgan fingerprint density at radius 3 is 2.60 bits per heavy atom. The first kappa shape index (κ1) is 13.4. The lowest BCUT2D eigenvalue weighted by Gasteiger charge is -2.38. The van der Waals surface area contributed by atoms with Crippen molar-refractivity contribution < 1.29 is 5.11 Å². The molecule has 0 aliphatic carbocycles. The van der Waals surface area contributed by atoms with Gasteiger partial charge in [0.2, 0.25) is 0 Å². The molecule has 2 aromatic heterocycles. The standard InChI is InChI=1S/C16H23N3O/c1-12-10-17-19-11-14(4-5-15(12)19)18-8-6-13(7-9-18)16(2,3)20/h4-5,10-11,13,20H,6-9H2,1-3H3. The van der Waals surface area contributed by atoms with Gasteiger partial charge in [-0.25, -0.2) is 4.52 Å². The van der Waals surface area contributed by atoms with Gasteiger partial charge in [-0.3, -0.25) is 0 Å². The summed E-state index contributed by atoms with van der Waals surface area (Å²) in [5.41, 5.74) is 3.03. The van der Waals surface area contributed by atoms with Gasteiger partial charge in [-0.2, -0.15) is 5.10 Å². The summed E-state index contributed by atoms with van der Waals surface area (Å²) in [6.45, 7) is 7.93. The topological polar surface area (TPSA) is 40.8 Å². The molecule has 1 saturated heterocycles. The van der Waals surface area contributed by atoms with Crippen LogP contribution < -0.4 is 4.90 Å². The zero-order valence-electron chi connectivity index (χ0n) is 12.5. The van der Waals surface area contributed by atoms with E-state index in [1.54, 1.807) is 0 Å². The van der Waals surface area contributed by atoms with Gasteiger partial charge in [0.25, 0.3) is 0 Å². The Kier molecular flexibility index (Phi) is 3.21. The Morgan fingerprint density at radius 1 is 1.25 bits per heavy atom. The lowest BCUT2D eigenvalue weighted by molar-refractivity contribution is 0.00651. The van der Waals surface area contributed by atoms with E-state index < -0.39 is 5.60 Å². The van der Waals surface area contributed by atoms with Gasteiger partial charge in [0.15, 0.2) is 0 Å². The van der Waals surface area contributed by atoms with Crippen LogP contribution >= 0.6 is 0 Å². The summed E-state index contributed by atoms with van der Waals surface area (Å²) in [5, 5.41) is 14.5. The maximum atomic E-state index is 10.1. The van der Waals surface area contributed by atoms with Crippen molar-refractivity contribution >= 4 is 11.2 Å². The summed E-state index contributed by atoms with van der Waals surface area (Å²) in [6, 6.07) is 4.31. The molecule has 108 valence electrons. The normalized spacial score (nSPS) is 17.9. The lowest BCUT2D eigenvalue weighted by Crippen LogP contribution is -2.42. The van der Waals surface area contributed by atoms with Crippen LogP contribution in [0.3, 0.4) is 0 Å². The Hall–Kier alpha value is -1.55. The summed E-state index contributed by atoms with van der Waals surface area (Å²) < 4.78 is 1.95. The van der Waals surface area contributed by atoms with Gasteiger partial charge in [-0.05, 0) is 57.2 Å². The van der Waals surface area contributed by atoms with Crippen LogP contribution in [0.15, 0.2) is 24.5 Å². The molecule has 1 fully saturated rings. The Morgan fingerprint density at radius 2 is 1.95 bits per heavy atom. The molecule has 0 atom stereocenters. The van der Waals surface area contributed by atoms with Gasteiger partial charge < -0.3 is 10.0 Å². The van der Waals surface area contributed by atoms with E-state index in [4.69, 9.17) is 0 Å². The molecule has 2 aromatic rings. The third kappa shape index (κ3) is 2.40. The van der Waals surface area contributed by atoms with Crippen molar-refractivity contribution in [3.63, 3.8) is 0 Å². The number of nitrogens with zero attached hydrogens (tertiary/aromatic N) is 3. The quantitative estimate of drug-likeness (QED) is 0.914. The molecule has 3 heterocycles. The number of hydrogen-bond donors (Lipinski definition) is 1. The van der Waals surface area contributed by atoms with E-state index in [9.17, 15) is 5.11 Å². The first-order valence-corrected chi connectivity index (χ1v) is 7.36. The zero-order valence-corrected chi connectivity index (χ0v) is 12.5. The van der Waals surface area contributed by atoms with E-state index in [2.05, 4.69) is 35.3 Å². The first-order valence-electron chi connectivity index (χ1n) is 7.36. The van der Waals surface area contributed by atoms with E-state index in [-0.39, 0.29) is 0 Å². The second-order valence-corrected chi connectivity index (χ2v) is 6.46. The number of rotatable bonds is 2. The smallest absolute Gasteiger partial charge is 0.0692 e. The van der Waals surface area contributed by atoms with Crippen molar-refractivity contribution in [2.24, 2.45) is 5.92 Å². The van der Waals surface area contributed by atoms with Crippen molar-refractivity contribution in [1.82, 2.24) is 9.61 Å². The molecular formula is C16H23N3O. The number of piperidine rings is 1. The lowest BCUT2D eigenvalue weighted by atomic mass is 9.83. The highest BCUT2D eigenvalue weighted by Crippen LogP contribution is 2.30. The van der Waals surface area contributed by atoms with Crippen molar-refractivity contribution in [3.05, 3.63) is 30.1 Å². The predicted molar refractivity (Wildman–Crippen MR) is 81.2 cm³/mol. The summed E-state index contributed by atoms with van der Waals surface area (Å²) in [6.07, 6.45) is 6.09. The third-order valence-corrected chi connectivity index (χ3v) is 4.55. The number of aryl methyl sites for hydroxylation is 1. The number of hydrogen-bond acceptors (Lipinski definition) is 3. The number of anilines is 1. The second-order valence-electron chi connectivity index (χ2n) is 6.46. The number of pyridine rings is 1. The second kappa shape index (κ2) is 4.77. The fourth-order valence-electron chi connectivity index (χ4n) is 3.13. The van der Waals surface area contributed by atoms with Crippen LogP contribution in [0.1, 0.15) is 32.3 Å². The Bertz CT molecular complexity index is 604. The highest BCUT2D eigenvalue weighted by Gasteiger charge is 2.30. The van der Waals surface area contributed by atoms with Crippen molar-refractivity contribution in [1.29, 1.82) is 0 Å². The molecule has 4 heteroatoms. The van der Waals surface area contributed by atoms with E-state index >= 15 is 0 Å². The average molecular weight is 273 g/mol. The van der Waals surface area contributed by atoms with Crippen LogP contribution in [0.25, 0.3) is 5.52 Å². The average Bonchev–Trinajstić information content (AvgIpc) is 2.79. The summed E-state index contributed by atoms with van der Waals surface area (Å²) in [7, 11) is 0. The molecule has 1 aliphatic heterocycles. The van der Waals surface area contributed by atoms with Crippen molar-refractivity contribution in [2.45, 2.75) is 39.2 Å². The van der Waals surface area contributed by atoms with Gasteiger partial charge in [0.1, 0.15) is 0 Å². The van der Waals surface area contributed by atoms with Crippen LogP contribution in [0.4, 0.5) is 5.69 Å². The van der Waals surface area contributed by atoms with Gasteiger partial charge in [-0.1, -0.05) is 0 Å². The summed E-state index contributed by atoms with van der Waals surface area (Å²) in [4.78, 5) is 2.39. The third-order valence-electron chi connectivity index (χ3n) is 4.55. The number of fused-ring (bicyclic) bond motifs is 1. The van der Waals surface area contributed by atoms with Crippen LogP contribution in [0.2, 0.25) is 0 Å². The fourth-order valence-corrected chi connectivity index (χ4v) is 3.13. The largest absolute Gasteiger partial charge is 0.390 e. The molecule has 0 spiro atoms. The molecule has 0 aromatic carbocycles. The minimum Gasteiger partial charge on any atom is -0.390 e. The van der Waals surface area contributed by atoms with Gasteiger partial charge in [0.05, 0.1) is 29.2 Å². The number of aromatic nitrogens is 2. The van der Waals surface area contributed by atoms with Crippen LogP contribution in [-0.4, -0.2) is 33.4 Å². The molecule has 0 saturated carbocycles. The molecule has 4 nitrogen and oxygen atoms in total. The van der Waals surface area contributed by atoms with Crippen LogP contribution in [-0.2, 0) is 0 Å². The number of aliphatic hydroxyl groups is 1. The van der Waals surface area contributed by atoms with E-state index in [1.165, 1.54) is 16.8 Å². The van der Waals surface area contributed by atoms with E-state index in [1.807, 2.05) is 24.6 Å². The highest BCUT2D eigenvalue weighted by molar-refractivity contribution is 5.58. The van der Waals surface area contributed by atoms with E-state index in [0.717, 1.165) is 25.9 Å². The molecular weight excluding hydrogens is 250 g/mol.